The zero-order valence-corrected chi connectivity index (χ0v) is 7.40. The predicted molar refractivity (Wildman–Crippen MR) is 46.4 cm³/mol. The van der Waals surface area contributed by atoms with Crippen molar-refractivity contribution in [2.24, 2.45) is 10.9 Å². The fraction of sp³-hybridized carbons (Fsp3) is 0.556. The van der Waals surface area contributed by atoms with Crippen LogP contribution >= 0.6 is 0 Å². The fourth-order valence-electron chi connectivity index (χ4n) is 1.31. The van der Waals surface area contributed by atoms with Crippen LogP contribution in [0.5, 0.6) is 0 Å². The number of epoxide rings is 1. The van der Waals surface area contributed by atoms with Gasteiger partial charge < -0.3 is 9.47 Å². The standard InChI is InChI=1S/C9H11NO3/c1-12-9-3-6(2-7-5-13-7)8(11)4-10-9/h3-4,6-7H,2,5H2,1H3/t6?,7-/m1/s1. The molecule has 0 bridgehead atoms. The second kappa shape index (κ2) is 3.30. The van der Waals surface area contributed by atoms with Gasteiger partial charge in [0.25, 0.3) is 0 Å². The first-order chi connectivity index (χ1) is 6.29. The Labute approximate surface area is 76.2 Å². The van der Waals surface area contributed by atoms with Crippen LogP contribution in [0.1, 0.15) is 6.42 Å². The number of ketones is 1. The summed E-state index contributed by atoms with van der Waals surface area (Å²) in [6.45, 7) is 0.775. The van der Waals surface area contributed by atoms with Gasteiger partial charge in [0.15, 0.2) is 5.78 Å². The Morgan fingerprint density at radius 3 is 3.15 bits per heavy atom. The Balaban J connectivity index is 2.02. The molecule has 1 unspecified atom stereocenters. The third kappa shape index (κ3) is 1.95. The quantitative estimate of drug-likeness (QED) is 0.597. The fourth-order valence-corrected chi connectivity index (χ4v) is 1.31. The van der Waals surface area contributed by atoms with Crippen LogP contribution in [0.15, 0.2) is 17.0 Å². The molecule has 0 radical (unpaired) electrons. The van der Waals surface area contributed by atoms with E-state index >= 15 is 0 Å². The smallest absolute Gasteiger partial charge is 0.209 e. The van der Waals surface area contributed by atoms with Crippen molar-refractivity contribution in [3.63, 3.8) is 0 Å². The van der Waals surface area contributed by atoms with Gasteiger partial charge in [-0.25, -0.2) is 4.99 Å². The summed E-state index contributed by atoms with van der Waals surface area (Å²) in [4.78, 5) is 15.1. The van der Waals surface area contributed by atoms with E-state index < -0.39 is 0 Å². The molecule has 0 aromatic heterocycles. The number of carbonyl (C=O) groups excluding carboxylic acids is 1. The van der Waals surface area contributed by atoms with E-state index in [4.69, 9.17) is 9.47 Å². The van der Waals surface area contributed by atoms with Crippen LogP contribution in [-0.2, 0) is 14.3 Å². The van der Waals surface area contributed by atoms with Crippen molar-refractivity contribution in [3.8, 4) is 0 Å². The number of Topliss-reactive ketones (excluding diaryl/α,β-unsaturated/α-hetero) is 1. The zero-order valence-electron chi connectivity index (χ0n) is 7.40. The third-order valence-electron chi connectivity index (χ3n) is 2.16. The Morgan fingerprint density at radius 2 is 2.54 bits per heavy atom. The van der Waals surface area contributed by atoms with Gasteiger partial charge in [-0.05, 0) is 12.5 Å². The number of carbonyl (C=O) groups is 1. The molecule has 0 spiro atoms. The molecule has 2 atom stereocenters. The average molecular weight is 181 g/mol. The maximum atomic E-state index is 11.3. The van der Waals surface area contributed by atoms with Crippen LogP contribution in [0.4, 0.5) is 0 Å². The number of nitrogens with zero attached hydrogens (tertiary/aromatic N) is 1. The van der Waals surface area contributed by atoms with Crippen molar-refractivity contribution in [2.75, 3.05) is 13.7 Å². The summed E-state index contributed by atoms with van der Waals surface area (Å²) in [6, 6.07) is 0. The van der Waals surface area contributed by atoms with E-state index in [9.17, 15) is 4.79 Å². The molecule has 2 aliphatic heterocycles. The highest BCUT2D eigenvalue weighted by molar-refractivity contribution is 6.29. The first-order valence-electron chi connectivity index (χ1n) is 4.25. The molecular formula is C9H11NO3. The van der Waals surface area contributed by atoms with E-state index in [1.165, 1.54) is 6.21 Å². The highest BCUT2D eigenvalue weighted by Gasteiger charge is 2.30. The van der Waals surface area contributed by atoms with E-state index in [1.54, 1.807) is 13.2 Å². The molecule has 2 heterocycles. The van der Waals surface area contributed by atoms with Gasteiger partial charge in [-0.3, -0.25) is 4.79 Å². The van der Waals surface area contributed by atoms with Gasteiger partial charge in [0.05, 0.1) is 26.0 Å². The Kier molecular flexibility index (Phi) is 2.14. The van der Waals surface area contributed by atoms with E-state index in [2.05, 4.69) is 4.99 Å². The average Bonchev–Trinajstić information content (AvgIpc) is 2.93. The molecule has 0 aromatic rings. The topological polar surface area (TPSA) is 51.2 Å². The van der Waals surface area contributed by atoms with Crippen molar-refractivity contribution in [3.05, 3.63) is 12.0 Å². The van der Waals surface area contributed by atoms with Gasteiger partial charge >= 0.3 is 0 Å². The lowest BCUT2D eigenvalue weighted by molar-refractivity contribution is -0.115. The summed E-state index contributed by atoms with van der Waals surface area (Å²) in [5.74, 6) is 0.446. The van der Waals surface area contributed by atoms with Crippen LogP contribution < -0.4 is 0 Å². The number of ether oxygens (including phenoxy) is 2. The maximum Gasteiger partial charge on any atom is 0.209 e. The highest BCUT2D eigenvalue weighted by Crippen LogP contribution is 2.23. The molecule has 1 fully saturated rings. The van der Waals surface area contributed by atoms with Crippen molar-refractivity contribution < 1.29 is 14.3 Å². The van der Waals surface area contributed by atoms with Crippen molar-refractivity contribution in [1.29, 1.82) is 0 Å². The number of hydrogen-bond donors (Lipinski definition) is 0. The Hall–Kier alpha value is -1.16. The molecule has 0 aliphatic carbocycles. The van der Waals surface area contributed by atoms with Gasteiger partial charge in [0.1, 0.15) is 0 Å². The predicted octanol–water partition coefficient (Wildman–Crippen LogP) is 0.533. The summed E-state index contributed by atoms with van der Waals surface area (Å²) in [7, 11) is 1.55. The molecule has 1 saturated heterocycles. The van der Waals surface area contributed by atoms with Crippen LogP contribution in [0.25, 0.3) is 0 Å². The molecule has 0 aromatic carbocycles. The van der Waals surface area contributed by atoms with E-state index in [-0.39, 0.29) is 17.8 Å². The van der Waals surface area contributed by atoms with Crippen molar-refractivity contribution in [2.45, 2.75) is 12.5 Å². The van der Waals surface area contributed by atoms with Gasteiger partial charge in [-0.1, -0.05) is 0 Å². The number of rotatable bonds is 3. The van der Waals surface area contributed by atoms with Crippen molar-refractivity contribution in [1.82, 2.24) is 0 Å². The molecule has 2 rings (SSSR count). The lowest BCUT2D eigenvalue weighted by atomic mass is 9.97. The number of hydrogen-bond acceptors (Lipinski definition) is 4. The van der Waals surface area contributed by atoms with E-state index in [0.717, 1.165) is 13.0 Å². The van der Waals surface area contributed by atoms with Gasteiger partial charge in [-0.2, -0.15) is 0 Å². The first-order valence-corrected chi connectivity index (χ1v) is 4.25. The normalized spacial score (nSPS) is 31.5. The molecule has 0 amide bonds. The second-order valence-corrected chi connectivity index (χ2v) is 3.17. The molecule has 0 saturated carbocycles. The first kappa shape index (κ1) is 8.44. The Morgan fingerprint density at radius 1 is 1.77 bits per heavy atom. The molecular weight excluding hydrogens is 170 g/mol. The van der Waals surface area contributed by atoms with Gasteiger partial charge in [-0.15, -0.1) is 0 Å². The van der Waals surface area contributed by atoms with Gasteiger partial charge in [0.2, 0.25) is 5.88 Å². The lowest BCUT2D eigenvalue weighted by Gasteiger charge is -2.12. The minimum absolute atomic E-state index is 0.0382. The largest absolute Gasteiger partial charge is 0.481 e. The van der Waals surface area contributed by atoms with Crippen LogP contribution in [0, 0.1) is 5.92 Å². The summed E-state index contributed by atoms with van der Waals surface area (Å²) >= 11 is 0. The van der Waals surface area contributed by atoms with E-state index in [1.807, 2.05) is 0 Å². The summed E-state index contributed by atoms with van der Waals surface area (Å²) in [5, 5.41) is 0. The van der Waals surface area contributed by atoms with E-state index in [0.29, 0.717) is 5.88 Å². The Bertz CT molecular complexity index is 279. The minimum atomic E-state index is -0.111. The summed E-state index contributed by atoms with van der Waals surface area (Å²) in [6.07, 6.45) is 4.09. The van der Waals surface area contributed by atoms with Crippen LogP contribution in [0.2, 0.25) is 0 Å². The maximum absolute atomic E-state index is 11.3. The zero-order chi connectivity index (χ0) is 9.26. The molecule has 0 N–H and O–H groups in total. The SMILES string of the molecule is COC1=CC(C[C@@H]2CO2)C(=O)C=N1. The summed E-state index contributed by atoms with van der Waals surface area (Å²) < 4.78 is 10.0. The highest BCUT2D eigenvalue weighted by atomic mass is 16.6. The van der Waals surface area contributed by atoms with Crippen molar-refractivity contribution >= 4 is 12.0 Å². The number of methoxy groups -OCH3 is 1. The molecule has 2 aliphatic rings. The molecule has 4 heteroatoms. The minimum Gasteiger partial charge on any atom is -0.481 e. The number of allylic oxidation sites excluding steroid dienone is 1. The molecule has 4 nitrogen and oxygen atoms in total. The summed E-state index contributed by atoms with van der Waals surface area (Å²) in [5.41, 5.74) is 0. The van der Waals surface area contributed by atoms with Crippen LogP contribution in [0.3, 0.4) is 0 Å². The third-order valence-corrected chi connectivity index (χ3v) is 2.16. The lowest BCUT2D eigenvalue weighted by Crippen LogP contribution is -2.19. The molecule has 13 heavy (non-hydrogen) atoms. The van der Waals surface area contributed by atoms with Gasteiger partial charge in [0, 0.05) is 5.92 Å². The molecule has 70 valence electrons. The number of aliphatic imine (C=N–C) groups is 1. The monoisotopic (exact) mass is 181 g/mol. The second-order valence-electron chi connectivity index (χ2n) is 3.17. The van der Waals surface area contributed by atoms with Crippen LogP contribution in [-0.4, -0.2) is 31.8 Å².